The van der Waals surface area contributed by atoms with Crippen LogP contribution in [-0.2, 0) is 27.1 Å². The van der Waals surface area contributed by atoms with Crippen LogP contribution in [0.15, 0.2) is 18.2 Å². The van der Waals surface area contributed by atoms with E-state index in [2.05, 4.69) is 13.0 Å². The van der Waals surface area contributed by atoms with E-state index in [1.807, 2.05) is 12.1 Å². The van der Waals surface area contributed by atoms with Gasteiger partial charge in [0.2, 0.25) is 0 Å². The van der Waals surface area contributed by atoms with Gasteiger partial charge in [0.15, 0.2) is 6.29 Å². The minimum absolute atomic E-state index is 0.293. The SMILES string of the molecule is CCc1sc2cccc(OCC3OCCO3)c2c1CC=O. The van der Waals surface area contributed by atoms with Gasteiger partial charge in [0.1, 0.15) is 18.6 Å². The average Bonchev–Trinajstić information content (AvgIpc) is 3.13. The van der Waals surface area contributed by atoms with E-state index in [0.717, 1.165) is 34.1 Å². The standard InChI is InChI=1S/C16H18O4S/c1-2-13-11(6-7-17)16-12(4-3-5-14(16)21-13)20-10-15-18-8-9-19-15/h3-5,7,15H,2,6,8-10H2,1H3. The molecule has 4 nitrogen and oxygen atoms in total. The van der Waals surface area contributed by atoms with Crippen molar-refractivity contribution in [3.63, 3.8) is 0 Å². The van der Waals surface area contributed by atoms with Crippen molar-refractivity contribution in [2.24, 2.45) is 0 Å². The van der Waals surface area contributed by atoms with Crippen LogP contribution >= 0.6 is 11.3 Å². The predicted molar refractivity (Wildman–Crippen MR) is 82.2 cm³/mol. The van der Waals surface area contributed by atoms with Crippen molar-refractivity contribution in [3.05, 3.63) is 28.6 Å². The van der Waals surface area contributed by atoms with Gasteiger partial charge in [-0.1, -0.05) is 13.0 Å². The number of hydrogen-bond donors (Lipinski definition) is 0. The molecule has 1 aromatic heterocycles. The lowest BCUT2D eigenvalue weighted by molar-refractivity contribution is -0.107. The summed E-state index contributed by atoms with van der Waals surface area (Å²) in [5.41, 5.74) is 1.09. The van der Waals surface area contributed by atoms with Crippen molar-refractivity contribution in [1.29, 1.82) is 0 Å². The molecule has 0 saturated carbocycles. The molecule has 1 aliphatic heterocycles. The van der Waals surface area contributed by atoms with E-state index in [0.29, 0.717) is 26.2 Å². The van der Waals surface area contributed by atoms with Crippen molar-refractivity contribution in [2.75, 3.05) is 19.8 Å². The summed E-state index contributed by atoms with van der Waals surface area (Å²) in [4.78, 5) is 12.2. The molecule has 0 spiro atoms. The third kappa shape index (κ3) is 2.95. The lowest BCUT2D eigenvalue weighted by Gasteiger charge is -2.12. The molecular formula is C16H18O4S. The maximum atomic E-state index is 11.0. The zero-order chi connectivity index (χ0) is 14.7. The summed E-state index contributed by atoms with van der Waals surface area (Å²) >= 11 is 1.73. The van der Waals surface area contributed by atoms with Gasteiger partial charge in [-0.2, -0.15) is 0 Å². The summed E-state index contributed by atoms with van der Waals surface area (Å²) in [5.74, 6) is 0.805. The number of carbonyl (C=O) groups is 1. The molecule has 0 unspecified atom stereocenters. The van der Waals surface area contributed by atoms with E-state index in [1.165, 1.54) is 4.88 Å². The van der Waals surface area contributed by atoms with Crippen LogP contribution in [-0.4, -0.2) is 32.4 Å². The average molecular weight is 306 g/mol. The monoisotopic (exact) mass is 306 g/mol. The summed E-state index contributed by atoms with van der Waals surface area (Å²) in [6.45, 7) is 3.72. The molecule has 0 bridgehead atoms. The third-order valence-electron chi connectivity index (χ3n) is 3.53. The van der Waals surface area contributed by atoms with Gasteiger partial charge in [-0.25, -0.2) is 0 Å². The number of hydrogen-bond acceptors (Lipinski definition) is 5. The maximum absolute atomic E-state index is 11.0. The smallest absolute Gasteiger partial charge is 0.191 e. The molecule has 0 radical (unpaired) electrons. The van der Waals surface area contributed by atoms with Crippen LogP contribution in [0.25, 0.3) is 10.1 Å². The molecule has 2 heterocycles. The predicted octanol–water partition coefficient (Wildman–Crippen LogP) is 2.96. The molecule has 0 aliphatic carbocycles. The fraction of sp³-hybridized carbons (Fsp3) is 0.438. The molecule has 3 rings (SSSR count). The zero-order valence-electron chi connectivity index (χ0n) is 12.0. The van der Waals surface area contributed by atoms with E-state index in [4.69, 9.17) is 14.2 Å². The van der Waals surface area contributed by atoms with Crippen molar-refractivity contribution >= 4 is 27.7 Å². The lowest BCUT2D eigenvalue weighted by Crippen LogP contribution is -2.18. The second-order valence-corrected chi connectivity index (χ2v) is 5.98. The molecule has 2 aromatic rings. The lowest BCUT2D eigenvalue weighted by atomic mass is 10.1. The van der Waals surface area contributed by atoms with E-state index in [-0.39, 0.29) is 6.29 Å². The molecule has 5 heteroatoms. The first kappa shape index (κ1) is 14.5. The van der Waals surface area contributed by atoms with Gasteiger partial charge in [0.25, 0.3) is 0 Å². The minimum atomic E-state index is -0.293. The fourth-order valence-electron chi connectivity index (χ4n) is 2.59. The molecule has 1 fully saturated rings. The molecule has 0 atom stereocenters. The van der Waals surface area contributed by atoms with Crippen LogP contribution in [0.4, 0.5) is 0 Å². The number of aldehydes is 1. The Labute approximate surface area is 127 Å². The van der Waals surface area contributed by atoms with Gasteiger partial charge >= 0.3 is 0 Å². The van der Waals surface area contributed by atoms with Crippen molar-refractivity contribution in [2.45, 2.75) is 26.1 Å². The largest absolute Gasteiger partial charge is 0.488 e. The molecule has 1 saturated heterocycles. The normalized spacial score (nSPS) is 15.7. The van der Waals surface area contributed by atoms with Crippen molar-refractivity contribution < 1.29 is 19.0 Å². The summed E-state index contributed by atoms with van der Waals surface area (Å²) in [6.07, 6.45) is 2.02. The summed E-state index contributed by atoms with van der Waals surface area (Å²) in [6, 6.07) is 6.00. The number of carbonyl (C=O) groups excluding carboxylic acids is 1. The Morgan fingerprint density at radius 2 is 2.19 bits per heavy atom. The zero-order valence-corrected chi connectivity index (χ0v) is 12.8. The quantitative estimate of drug-likeness (QED) is 0.770. The van der Waals surface area contributed by atoms with Crippen LogP contribution in [0.1, 0.15) is 17.4 Å². The van der Waals surface area contributed by atoms with Gasteiger partial charge in [-0.3, -0.25) is 0 Å². The second kappa shape index (κ2) is 6.56. The first-order valence-corrected chi connectivity index (χ1v) is 7.98. The summed E-state index contributed by atoms with van der Waals surface area (Å²) in [5, 5.41) is 1.06. The van der Waals surface area contributed by atoms with Gasteiger partial charge in [-0.15, -0.1) is 11.3 Å². The van der Waals surface area contributed by atoms with Gasteiger partial charge in [0, 0.05) is 21.4 Å². The summed E-state index contributed by atoms with van der Waals surface area (Å²) < 4.78 is 17.8. The Kier molecular flexibility index (Phi) is 4.53. The Balaban J connectivity index is 1.92. The van der Waals surface area contributed by atoms with E-state index in [1.54, 1.807) is 11.3 Å². The third-order valence-corrected chi connectivity index (χ3v) is 4.88. The molecule has 0 N–H and O–H groups in total. The molecule has 1 aromatic carbocycles. The Morgan fingerprint density at radius 1 is 1.38 bits per heavy atom. The second-order valence-electron chi connectivity index (χ2n) is 4.84. The van der Waals surface area contributed by atoms with Crippen molar-refractivity contribution in [3.8, 4) is 5.75 Å². The van der Waals surface area contributed by atoms with Crippen LogP contribution in [0.2, 0.25) is 0 Å². The number of fused-ring (bicyclic) bond motifs is 1. The molecular weight excluding hydrogens is 288 g/mol. The molecule has 1 aliphatic rings. The van der Waals surface area contributed by atoms with Gasteiger partial charge in [0.05, 0.1) is 13.2 Å². The van der Waals surface area contributed by atoms with Gasteiger partial charge < -0.3 is 19.0 Å². The van der Waals surface area contributed by atoms with E-state index in [9.17, 15) is 4.79 Å². The number of rotatable bonds is 6. The van der Waals surface area contributed by atoms with Crippen LogP contribution in [0.3, 0.4) is 0 Å². The number of aryl methyl sites for hydroxylation is 1. The Bertz CT molecular complexity index is 628. The molecule has 21 heavy (non-hydrogen) atoms. The highest BCUT2D eigenvalue weighted by Gasteiger charge is 2.19. The molecule has 112 valence electrons. The van der Waals surface area contributed by atoms with Crippen molar-refractivity contribution in [1.82, 2.24) is 0 Å². The summed E-state index contributed by atoms with van der Waals surface area (Å²) in [7, 11) is 0. The first-order valence-electron chi connectivity index (χ1n) is 7.16. The maximum Gasteiger partial charge on any atom is 0.191 e. The Hall–Kier alpha value is -1.43. The Morgan fingerprint density at radius 3 is 2.90 bits per heavy atom. The highest BCUT2D eigenvalue weighted by molar-refractivity contribution is 7.19. The minimum Gasteiger partial charge on any atom is -0.488 e. The van der Waals surface area contributed by atoms with Crippen LogP contribution in [0.5, 0.6) is 5.75 Å². The molecule has 0 amide bonds. The number of thiophene rings is 1. The first-order chi connectivity index (χ1) is 10.3. The fourth-order valence-corrected chi connectivity index (χ4v) is 3.78. The highest BCUT2D eigenvalue weighted by atomic mass is 32.1. The van der Waals surface area contributed by atoms with Crippen LogP contribution < -0.4 is 4.74 Å². The number of benzene rings is 1. The topological polar surface area (TPSA) is 44.8 Å². The number of ether oxygens (including phenoxy) is 3. The van der Waals surface area contributed by atoms with E-state index >= 15 is 0 Å². The van der Waals surface area contributed by atoms with Gasteiger partial charge in [-0.05, 0) is 24.1 Å². The highest BCUT2D eigenvalue weighted by Crippen LogP contribution is 2.38. The van der Waals surface area contributed by atoms with E-state index < -0.39 is 0 Å². The van der Waals surface area contributed by atoms with Crippen LogP contribution in [0, 0.1) is 0 Å².